The highest BCUT2D eigenvalue weighted by Gasteiger charge is 2.10. The molecule has 1 aromatic rings. The van der Waals surface area contributed by atoms with Crippen LogP contribution in [0.25, 0.3) is 0 Å². The Hall–Kier alpha value is -1.00. The molecule has 0 fully saturated rings. The summed E-state index contributed by atoms with van der Waals surface area (Å²) in [6.07, 6.45) is 1.19. The number of carboxylic acid groups (broad SMARTS) is 1. The van der Waals surface area contributed by atoms with E-state index in [1.54, 1.807) is 11.8 Å². The summed E-state index contributed by atoms with van der Waals surface area (Å²) in [5.41, 5.74) is 6.57. The molecule has 0 saturated heterocycles. The first-order chi connectivity index (χ1) is 7.63. The van der Waals surface area contributed by atoms with E-state index in [2.05, 4.69) is 19.1 Å². The average Bonchev–Trinajstić information content (AvgIpc) is 2.28. The zero-order chi connectivity index (χ0) is 12.0. The topological polar surface area (TPSA) is 63.3 Å². The number of aryl methyl sites for hydroxylation is 1. The highest BCUT2D eigenvalue weighted by Crippen LogP contribution is 2.18. The van der Waals surface area contributed by atoms with Gasteiger partial charge < -0.3 is 10.8 Å². The summed E-state index contributed by atoms with van der Waals surface area (Å²) < 4.78 is 0. The van der Waals surface area contributed by atoms with E-state index in [1.807, 2.05) is 12.1 Å². The molecule has 16 heavy (non-hydrogen) atoms. The standard InChI is InChI=1S/C12H17NO2S/c1-2-16-10-6-3-9(4-7-10)5-8-11(13)12(14)15/h3-4,6-7,11H,2,5,8,13H2,1H3,(H,14,15). The van der Waals surface area contributed by atoms with Gasteiger partial charge in [0.25, 0.3) is 0 Å². The number of hydrogen-bond acceptors (Lipinski definition) is 3. The third-order valence-corrected chi connectivity index (χ3v) is 3.19. The van der Waals surface area contributed by atoms with Crippen LogP contribution in [0, 0.1) is 0 Å². The summed E-state index contributed by atoms with van der Waals surface area (Å²) in [7, 11) is 0. The van der Waals surface area contributed by atoms with E-state index >= 15 is 0 Å². The van der Waals surface area contributed by atoms with Gasteiger partial charge in [-0.15, -0.1) is 11.8 Å². The third kappa shape index (κ3) is 4.24. The summed E-state index contributed by atoms with van der Waals surface area (Å²) >= 11 is 1.79. The van der Waals surface area contributed by atoms with Crippen molar-refractivity contribution in [3.05, 3.63) is 29.8 Å². The molecule has 1 atom stereocenters. The monoisotopic (exact) mass is 239 g/mol. The molecule has 0 spiro atoms. The fourth-order valence-corrected chi connectivity index (χ4v) is 2.03. The van der Waals surface area contributed by atoms with Crippen LogP contribution in [-0.2, 0) is 11.2 Å². The molecule has 0 bridgehead atoms. The van der Waals surface area contributed by atoms with Crippen molar-refractivity contribution >= 4 is 17.7 Å². The lowest BCUT2D eigenvalue weighted by molar-refractivity contribution is -0.138. The van der Waals surface area contributed by atoms with Crippen LogP contribution in [0.2, 0.25) is 0 Å². The molecular weight excluding hydrogens is 222 g/mol. The minimum Gasteiger partial charge on any atom is -0.480 e. The molecule has 3 N–H and O–H groups in total. The smallest absolute Gasteiger partial charge is 0.320 e. The van der Waals surface area contributed by atoms with Crippen molar-refractivity contribution in [3.63, 3.8) is 0 Å². The second-order valence-electron chi connectivity index (χ2n) is 3.56. The maximum atomic E-state index is 10.5. The molecule has 0 aliphatic rings. The van der Waals surface area contributed by atoms with Crippen LogP contribution in [0.5, 0.6) is 0 Å². The van der Waals surface area contributed by atoms with Gasteiger partial charge in [-0.3, -0.25) is 4.79 Å². The Bertz CT molecular complexity index is 337. The van der Waals surface area contributed by atoms with Gasteiger partial charge in [0.15, 0.2) is 0 Å². The van der Waals surface area contributed by atoms with Gasteiger partial charge in [-0.25, -0.2) is 0 Å². The second kappa shape index (κ2) is 6.55. The first-order valence-electron chi connectivity index (χ1n) is 5.33. The molecule has 0 aromatic heterocycles. The predicted octanol–water partition coefficient (Wildman–Crippen LogP) is 2.14. The van der Waals surface area contributed by atoms with Crippen LogP contribution in [0.4, 0.5) is 0 Å². The average molecular weight is 239 g/mol. The van der Waals surface area contributed by atoms with Crippen molar-refractivity contribution in [2.45, 2.75) is 30.7 Å². The molecule has 3 nitrogen and oxygen atoms in total. The molecule has 0 radical (unpaired) electrons. The molecule has 0 amide bonds. The summed E-state index contributed by atoms with van der Waals surface area (Å²) in [5.74, 6) is 0.127. The SMILES string of the molecule is CCSc1ccc(CCC(N)C(=O)O)cc1. The quantitative estimate of drug-likeness (QED) is 0.747. The highest BCUT2D eigenvalue weighted by molar-refractivity contribution is 7.99. The van der Waals surface area contributed by atoms with E-state index in [-0.39, 0.29) is 0 Å². The predicted molar refractivity (Wildman–Crippen MR) is 66.8 cm³/mol. The van der Waals surface area contributed by atoms with Crippen LogP contribution in [0.3, 0.4) is 0 Å². The zero-order valence-corrected chi connectivity index (χ0v) is 10.2. The third-order valence-electron chi connectivity index (χ3n) is 2.30. The lowest BCUT2D eigenvalue weighted by Crippen LogP contribution is -2.30. The number of benzene rings is 1. The Morgan fingerprint density at radius 3 is 2.56 bits per heavy atom. The largest absolute Gasteiger partial charge is 0.480 e. The molecule has 0 saturated carbocycles. The van der Waals surface area contributed by atoms with E-state index in [0.717, 1.165) is 11.3 Å². The van der Waals surface area contributed by atoms with E-state index in [1.165, 1.54) is 4.90 Å². The Kier molecular flexibility index (Phi) is 5.35. The van der Waals surface area contributed by atoms with Crippen molar-refractivity contribution < 1.29 is 9.90 Å². The van der Waals surface area contributed by atoms with Crippen LogP contribution >= 0.6 is 11.8 Å². The van der Waals surface area contributed by atoms with Gasteiger partial charge in [-0.05, 0) is 36.3 Å². The van der Waals surface area contributed by atoms with Crippen LogP contribution in [-0.4, -0.2) is 22.9 Å². The van der Waals surface area contributed by atoms with Gasteiger partial charge in [-0.2, -0.15) is 0 Å². The van der Waals surface area contributed by atoms with Gasteiger partial charge in [0.2, 0.25) is 0 Å². The van der Waals surface area contributed by atoms with Crippen LogP contribution in [0.1, 0.15) is 18.9 Å². The minimum absolute atomic E-state index is 0.482. The van der Waals surface area contributed by atoms with E-state index in [9.17, 15) is 4.79 Å². The van der Waals surface area contributed by atoms with Gasteiger partial charge in [0.1, 0.15) is 6.04 Å². The van der Waals surface area contributed by atoms with Crippen molar-refractivity contribution in [1.29, 1.82) is 0 Å². The van der Waals surface area contributed by atoms with Crippen molar-refractivity contribution in [1.82, 2.24) is 0 Å². The molecule has 4 heteroatoms. The van der Waals surface area contributed by atoms with Crippen LogP contribution < -0.4 is 5.73 Å². The fraction of sp³-hybridized carbons (Fsp3) is 0.417. The Morgan fingerprint density at radius 2 is 2.06 bits per heavy atom. The maximum Gasteiger partial charge on any atom is 0.320 e. The van der Waals surface area contributed by atoms with Crippen molar-refractivity contribution in [3.8, 4) is 0 Å². The number of hydrogen-bond donors (Lipinski definition) is 2. The number of aliphatic carboxylic acids is 1. The number of nitrogens with two attached hydrogens (primary N) is 1. The molecule has 0 aliphatic carbocycles. The summed E-state index contributed by atoms with van der Waals surface area (Å²) in [6, 6.07) is 7.44. The summed E-state index contributed by atoms with van der Waals surface area (Å²) in [6.45, 7) is 2.12. The first kappa shape index (κ1) is 13.1. The fourth-order valence-electron chi connectivity index (χ4n) is 1.36. The Labute approximate surface area is 100 Å². The van der Waals surface area contributed by atoms with Crippen molar-refractivity contribution in [2.24, 2.45) is 5.73 Å². The Morgan fingerprint density at radius 1 is 1.44 bits per heavy atom. The number of carboxylic acids is 1. The lowest BCUT2D eigenvalue weighted by Gasteiger charge is -2.06. The molecule has 1 unspecified atom stereocenters. The summed E-state index contributed by atoms with van der Waals surface area (Å²) in [4.78, 5) is 11.8. The normalized spacial score (nSPS) is 12.4. The van der Waals surface area contributed by atoms with E-state index in [4.69, 9.17) is 10.8 Å². The number of thioether (sulfide) groups is 1. The van der Waals surface area contributed by atoms with Crippen molar-refractivity contribution in [2.75, 3.05) is 5.75 Å². The molecular formula is C12H17NO2S. The minimum atomic E-state index is -0.932. The Balaban J connectivity index is 2.46. The van der Waals surface area contributed by atoms with Gasteiger partial charge in [0, 0.05) is 4.90 Å². The number of rotatable bonds is 6. The second-order valence-corrected chi connectivity index (χ2v) is 4.90. The summed E-state index contributed by atoms with van der Waals surface area (Å²) in [5, 5.41) is 8.65. The molecule has 88 valence electrons. The zero-order valence-electron chi connectivity index (χ0n) is 9.35. The van der Waals surface area contributed by atoms with Gasteiger partial charge >= 0.3 is 5.97 Å². The molecule has 1 rings (SSSR count). The maximum absolute atomic E-state index is 10.5. The molecule has 0 heterocycles. The van der Waals surface area contributed by atoms with Gasteiger partial charge in [-0.1, -0.05) is 19.1 Å². The van der Waals surface area contributed by atoms with Gasteiger partial charge in [0.05, 0.1) is 0 Å². The van der Waals surface area contributed by atoms with Crippen LogP contribution in [0.15, 0.2) is 29.2 Å². The van der Waals surface area contributed by atoms with E-state index < -0.39 is 12.0 Å². The number of carbonyl (C=O) groups is 1. The lowest BCUT2D eigenvalue weighted by atomic mass is 10.1. The molecule has 0 aliphatic heterocycles. The highest BCUT2D eigenvalue weighted by atomic mass is 32.2. The van der Waals surface area contributed by atoms with E-state index in [0.29, 0.717) is 12.8 Å². The first-order valence-corrected chi connectivity index (χ1v) is 6.32. The molecule has 1 aromatic carbocycles.